The summed E-state index contributed by atoms with van der Waals surface area (Å²) in [5.74, 6) is -0.588. The van der Waals surface area contributed by atoms with Gasteiger partial charge in [0.05, 0.1) is 13.7 Å². The summed E-state index contributed by atoms with van der Waals surface area (Å²) >= 11 is 0. The van der Waals surface area contributed by atoms with Crippen molar-refractivity contribution < 1.29 is 19.1 Å². The summed E-state index contributed by atoms with van der Waals surface area (Å²) in [5.41, 5.74) is 0.332. The van der Waals surface area contributed by atoms with Crippen molar-refractivity contribution in [3.8, 4) is 5.75 Å². The van der Waals surface area contributed by atoms with E-state index in [0.29, 0.717) is 26.2 Å². The fourth-order valence-corrected chi connectivity index (χ4v) is 2.70. The summed E-state index contributed by atoms with van der Waals surface area (Å²) in [5, 5.41) is 2.43. The molecule has 1 aromatic rings. The number of carbonyl (C=O) groups excluding carboxylic acids is 3. The van der Waals surface area contributed by atoms with Gasteiger partial charge in [0, 0.05) is 37.3 Å². The second kappa shape index (κ2) is 8.21. The monoisotopic (exact) mass is 361 g/mol. The van der Waals surface area contributed by atoms with Crippen LogP contribution in [0.3, 0.4) is 0 Å². The topological polar surface area (TPSA) is 79.0 Å². The number of carbonyl (C=O) groups is 3. The minimum atomic E-state index is -0.753. The largest absolute Gasteiger partial charge is 0.497 e. The number of Topliss-reactive ketones (excluding diaryl/α,β-unsaturated/α-hetero) is 1. The number of ether oxygens (including phenoxy) is 1. The molecule has 142 valence electrons. The first-order chi connectivity index (χ1) is 12.2. The maximum absolute atomic E-state index is 12.3. The highest BCUT2D eigenvalue weighted by Crippen LogP contribution is 2.20. The van der Waals surface area contributed by atoms with Crippen LogP contribution in [0.1, 0.15) is 20.8 Å². The molecule has 2 rings (SSSR count). The van der Waals surface area contributed by atoms with Crippen LogP contribution in [0, 0.1) is 5.41 Å². The molecule has 7 heteroatoms. The molecule has 1 saturated heterocycles. The standard InChI is InChI=1S/C19H27N3O4/c1-19(2,3)17(24)18(25)20-13-16(23)22-11-9-21(10-12-22)14-5-7-15(26-4)8-6-14/h5-8H,9-13H2,1-4H3,(H,20,25). The zero-order valence-electron chi connectivity index (χ0n) is 15.9. The molecular formula is C19H27N3O4. The van der Waals surface area contributed by atoms with Crippen molar-refractivity contribution >= 4 is 23.3 Å². The van der Waals surface area contributed by atoms with E-state index in [-0.39, 0.29) is 12.5 Å². The maximum atomic E-state index is 12.3. The van der Waals surface area contributed by atoms with Crippen LogP contribution < -0.4 is 15.0 Å². The van der Waals surface area contributed by atoms with Gasteiger partial charge < -0.3 is 19.9 Å². The molecule has 1 aliphatic rings. The van der Waals surface area contributed by atoms with Gasteiger partial charge >= 0.3 is 0 Å². The fraction of sp³-hybridized carbons (Fsp3) is 0.526. The number of piperazine rings is 1. The van der Waals surface area contributed by atoms with Crippen molar-refractivity contribution in [3.63, 3.8) is 0 Å². The van der Waals surface area contributed by atoms with E-state index >= 15 is 0 Å². The van der Waals surface area contributed by atoms with Crippen molar-refractivity contribution in [3.05, 3.63) is 24.3 Å². The number of nitrogens with zero attached hydrogens (tertiary/aromatic N) is 2. The van der Waals surface area contributed by atoms with E-state index in [0.717, 1.165) is 11.4 Å². The van der Waals surface area contributed by atoms with Gasteiger partial charge in [-0.05, 0) is 24.3 Å². The molecule has 0 atom stereocenters. The lowest BCUT2D eigenvalue weighted by molar-refractivity contribution is -0.143. The summed E-state index contributed by atoms with van der Waals surface area (Å²) in [7, 11) is 1.63. The molecule has 0 spiro atoms. The number of benzene rings is 1. The minimum Gasteiger partial charge on any atom is -0.497 e. The molecule has 1 aliphatic heterocycles. The van der Waals surface area contributed by atoms with Crippen molar-refractivity contribution in [2.75, 3.05) is 44.7 Å². The third-order valence-corrected chi connectivity index (χ3v) is 4.36. The second-order valence-corrected chi connectivity index (χ2v) is 7.33. The molecule has 7 nitrogen and oxygen atoms in total. The van der Waals surface area contributed by atoms with Gasteiger partial charge in [-0.3, -0.25) is 14.4 Å². The van der Waals surface area contributed by atoms with Gasteiger partial charge in [-0.1, -0.05) is 20.8 Å². The number of nitrogens with one attached hydrogen (secondary N) is 1. The molecule has 1 aromatic carbocycles. The predicted octanol–water partition coefficient (Wildman–Crippen LogP) is 1.08. The summed E-state index contributed by atoms with van der Waals surface area (Å²) in [6.45, 7) is 7.46. The van der Waals surface area contributed by atoms with Gasteiger partial charge in [0.15, 0.2) is 0 Å². The second-order valence-electron chi connectivity index (χ2n) is 7.33. The quantitative estimate of drug-likeness (QED) is 0.794. The van der Waals surface area contributed by atoms with Crippen LogP contribution in [-0.4, -0.2) is 62.3 Å². The molecule has 0 unspecified atom stereocenters. The summed E-state index contributed by atoms with van der Waals surface area (Å²) in [6.07, 6.45) is 0. The lowest BCUT2D eigenvalue weighted by Crippen LogP contribution is -2.52. The van der Waals surface area contributed by atoms with Crippen LogP contribution in [0.4, 0.5) is 5.69 Å². The lowest BCUT2D eigenvalue weighted by atomic mass is 9.90. The van der Waals surface area contributed by atoms with Gasteiger partial charge in [0.2, 0.25) is 11.7 Å². The zero-order chi connectivity index (χ0) is 19.3. The van der Waals surface area contributed by atoms with Crippen molar-refractivity contribution in [1.82, 2.24) is 10.2 Å². The number of hydrogen-bond acceptors (Lipinski definition) is 5. The Morgan fingerprint density at radius 3 is 2.12 bits per heavy atom. The minimum absolute atomic E-state index is 0.150. The number of hydrogen-bond donors (Lipinski definition) is 1. The van der Waals surface area contributed by atoms with E-state index in [4.69, 9.17) is 4.74 Å². The first-order valence-electron chi connectivity index (χ1n) is 8.72. The van der Waals surface area contributed by atoms with E-state index in [1.54, 1.807) is 32.8 Å². The van der Waals surface area contributed by atoms with E-state index < -0.39 is 17.1 Å². The number of rotatable bonds is 5. The molecule has 0 aromatic heterocycles. The molecule has 0 radical (unpaired) electrons. The zero-order valence-corrected chi connectivity index (χ0v) is 15.9. The normalized spacial score (nSPS) is 14.8. The van der Waals surface area contributed by atoms with Gasteiger partial charge in [-0.25, -0.2) is 0 Å². The first-order valence-corrected chi connectivity index (χ1v) is 8.72. The molecule has 26 heavy (non-hydrogen) atoms. The average molecular weight is 361 g/mol. The first kappa shape index (κ1) is 19.8. The molecule has 0 saturated carbocycles. The van der Waals surface area contributed by atoms with Crippen molar-refractivity contribution in [2.45, 2.75) is 20.8 Å². The Bertz CT molecular complexity index is 656. The third kappa shape index (κ3) is 4.97. The number of amides is 2. The SMILES string of the molecule is COc1ccc(N2CCN(C(=O)CNC(=O)C(=O)C(C)(C)C)CC2)cc1. The van der Waals surface area contributed by atoms with Crippen LogP contribution >= 0.6 is 0 Å². The molecule has 0 aliphatic carbocycles. The Labute approximate surface area is 154 Å². The van der Waals surface area contributed by atoms with E-state index in [1.807, 2.05) is 24.3 Å². The van der Waals surface area contributed by atoms with Crippen LogP contribution in [-0.2, 0) is 14.4 Å². The fourth-order valence-electron chi connectivity index (χ4n) is 2.70. The Hall–Kier alpha value is -2.57. The Morgan fingerprint density at radius 1 is 1.04 bits per heavy atom. The van der Waals surface area contributed by atoms with Crippen molar-refractivity contribution in [2.24, 2.45) is 5.41 Å². The number of anilines is 1. The number of ketones is 1. The van der Waals surface area contributed by atoms with Crippen LogP contribution in [0.5, 0.6) is 5.75 Å². The van der Waals surface area contributed by atoms with E-state index in [9.17, 15) is 14.4 Å². The molecule has 1 heterocycles. The molecule has 1 fully saturated rings. The molecule has 0 bridgehead atoms. The highest BCUT2D eigenvalue weighted by molar-refractivity contribution is 6.38. The van der Waals surface area contributed by atoms with Gasteiger partial charge in [0.25, 0.3) is 5.91 Å². The Balaban J connectivity index is 1.80. The summed E-state index contributed by atoms with van der Waals surface area (Å²) < 4.78 is 5.16. The molecular weight excluding hydrogens is 334 g/mol. The Morgan fingerprint density at radius 2 is 1.62 bits per heavy atom. The van der Waals surface area contributed by atoms with Crippen molar-refractivity contribution in [1.29, 1.82) is 0 Å². The lowest BCUT2D eigenvalue weighted by Gasteiger charge is -2.36. The Kier molecular flexibility index (Phi) is 6.23. The highest BCUT2D eigenvalue weighted by Gasteiger charge is 2.29. The van der Waals surface area contributed by atoms with Crippen LogP contribution in [0.2, 0.25) is 0 Å². The van der Waals surface area contributed by atoms with E-state index in [2.05, 4.69) is 10.2 Å². The average Bonchev–Trinajstić information content (AvgIpc) is 2.64. The van der Waals surface area contributed by atoms with E-state index in [1.165, 1.54) is 0 Å². The molecule has 2 amide bonds. The highest BCUT2D eigenvalue weighted by atomic mass is 16.5. The molecule has 1 N–H and O–H groups in total. The maximum Gasteiger partial charge on any atom is 0.288 e. The van der Waals surface area contributed by atoms with Gasteiger partial charge in [-0.2, -0.15) is 0 Å². The van der Waals surface area contributed by atoms with Crippen LogP contribution in [0.25, 0.3) is 0 Å². The van der Waals surface area contributed by atoms with Crippen LogP contribution in [0.15, 0.2) is 24.3 Å². The summed E-state index contributed by atoms with van der Waals surface area (Å²) in [6, 6.07) is 7.81. The predicted molar refractivity (Wildman–Crippen MR) is 99.3 cm³/mol. The van der Waals surface area contributed by atoms with Gasteiger partial charge in [0.1, 0.15) is 5.75 Å². The smallest absolute Gasteiger partial charge is 0.288 e. The number of methoxy groups -OCH3 is 1. The summed E-state index contributed by atoms with van der Waals surface area (Å²) in [4.78, 5) is 39.8. The third-order valence-electron chi connectivity index (χ3n) is 4.36. The van der Waals surface area contributed by atoms with Gasteiger partial charge in [-0.15, -0.1) is 0 Å².